The van der Waals surface area contributed by atoms with Gasteiger partial charge in [0, 0.05) is 19.3 Å². The smallest absolute Gasteiger partial charge is 0.252 e. The second-order valence-corrected chi connectivity index (χ2v) is 3.96. The van der Waals surface area contributed by atoms with Crippen molar-refractivity contribution in [1.82, 2.24) is 4.98 Å². The summed E-state index contributed by atoms with van der Waals surface area (Å²) in [6, 6.07) is 3.37. The number of pyridine rings is 1. The van der Waals surface area contributed by atoms with Gasteiger partial charge in [0.25, 0.3) is 5.91 Å². The van der Waals surface area contributed by atoms with Crippen molar-refractivity contribution in [2.45, 2.75) is 18.9 Å². The number of aliphatic hydroxyl groups is 1. The zero-order valence-electron chi connectivity index (χ0n) is 8.97. The second kappa shape index (κ2) is 4.49. The monoisotopic (exact) mass is 221 g/mol. The molecule has 0 atom stereocenters. The van der Waals surface area contributed by atoms with Crippen LogP contribution in [0.4, 0.5) is 5.82 Å². The average molecular weight is 221 g/mol. The molecule has 1 fully saturated rings. The van der Waals surface area contributed by atoms with Crippen LogP contribution >= 0.6 is 0 Å². The summed E-state index contributed by atoms with van der Waals surface area (Å²) in [4.78, 5) is 17.4. The van der Waals surface area contributed by atoms with E-state index in [1.54, 1.807) is 18.3 Å². The Kier molecular flexibility index (Phi) is 3.05. The fourth-order valence-corrected chi connectivity index (χ4v) is 1.92. The SMILES string of the molecule is NC(=O)c1cccnc1N1CCC(O)CC1. The van der Waals surface area contributed by atoms with Crippen LogP contribution in [0.15, 0.2) is 18.3 Å². The number of aromatic nitrogens is 1. The van der Waals surface area contributed by atoms with Crippen LogP contribution in [0.1, 0.15) is 23.2 Å². The molecule has 1 aromatic rings. The summed E-state index contributed by atoms with van der Waals surface area (Å²) in [7, 11) is 0. The molecule has 1 saturated heterocycles. The van der Waals surface area contributed by atoms with Crippen molar-refractivity contribution in [1.29, 1.82) is 0 Å². The van der Waals surface area contributed by atoms with Crippen LogP contribution in [0.25, 0.3) is 0 Å². The van der Waals surface area contributed by atoms with Gasteiger partial charge in [0.15, 0.2) is 0 Å². The zero-order valence-corrected chi connectivity index (χ0v) is 8.97. The Balaban J connectivity index is 2.23. The van der Waals surface area contributed by atoms with E-state index >= 15 is 0 Å². The van der Waals surface area contributed by atoms with Gasteiger partial charge in [-0.1, -0.05) is 0 Å². The van der Waals surface area contributed by atoms with Crippen molar-refractivity contribution in [3.63, 3.8) is 0 Å². The number of hydrogen-bond acceptors (Lipinski definition) is 4. The molecule has 1 aromatic heterocycles. The fraction of sp³-hybridized carbons (Fsp3) is 0.455. The van der Waals surface area contributed by atoms with E-state index < -0.39 is 5.91 Å². The third-order valence-corrected chi connectivity index (χ3v) is 2.82. The predicted molar refractivity (Wildman–Crippen MR) is 60.2 cm³/mol. The lowest BCUT2D eigenvalue weighted by atomic mass is 10.1. The number of carbonyl (C=O) groups is 1. The topological polar surface area (TPSA) is 79.5 Å². The molecule has 86 valence electrons. The molecule has 0 unspecified atom stereocenters. The first-order valence-corrected chi connectivity index (χ1v) is 5.36. The van der Waals surface area contributed by atoms with Crippen molar-refractivity contribution in [3.8, 4) is 0 Å². The number of nitrogens with two attached hydrogens (primary N) is 1. The number of aliphatic hydroxyl groups excluding tert-OH is 1. The van der Waals surface area contributed by atoms with Gasteiger partial charge in [-0.3, -0.25) is 4.79 Å². The van der Waals surface area contributed by atoms with Gasteiger partial charge in [0.1, 0.15) is 5.82 Å². The van der Waals surface area contributed by atoms with Crippen molar-refractivity contribution >= 4 is 11.7 Å². The maximum Gasteiger partial charge on any atom is 0.252 e. The Labute approximate surface area is 93.9 Å². The second-order valence-electron chi connectivity index (χ2n) is 3.96. The van der Waals surface area contributed by atoms with Crippen LogP contribution in [-0.4, -0.2) is 35.2 Å². The highest BCUT2D eigenvalue weighted by molar-refractivity contribution is 5.97. The first-order chi connectivity index (χ1) is 7.68. The fourth-order valence-electron chi connectivity index (χ4n) is 1.92. The first-order valence-electron chi connectivity index (χ1n) is 5.36. The molecule has 16 heavy (non-hydrogen) atoms. The number of anilines is 1. The van der Waals surface area contributed by atoms with Gasteiger partial charge in [-0.2, -0.15) is 0 Å². The minimum absolute atomic E-state index is 0.239. The van der Waals surface area contributed by atoms with Crippen LogP contribution < -0.4 is 10.6 Å². The summed E-state index contributed by atoms with van der Waals surface area (Å²) >= 11 is 0. The van der Waals surface area contributed by atoms with Gasteiger partial charge < -0.3 is 15.7 Å². The van der Waals surface area contributed by atoms with Crippen LogP contribution in [0, 0.1) is 0 Å². The Morgan fingerprint density at radius 2 is 2.19 bits per heavy atom. The lowest BCUT2D eigenvalue weighted by Crippen LogP contribution is -2.37. The van der Waals surface area contributed by atoms with E-state index in [0.717, 1.165) is 0 Å². The Morgan fingerprint density at radius 1 is 1.50 bits per heavy atom. The summed E-state index contributed by atoms with van der Waals surface area (Å²) in [6.07, 6.45) is 2.81. The molecule has 0 aromatic carbocycles. The molecule has 5 heteroatoms. The van der Waals surface area contributed by atoms with E-state index in [-0.39, 0.29) is 6.10 Å². The average Bonchev–Trinajstić information content (AvgIpc) is 2.30. The summed E-state index contributed by atoms with van der Waals surface area (Å²) < 4.78 is 0. The molecular weight excluding hydrogens is 206 g/mol. The molecule has 1 aliphatic heterocycles. The van der Waals surface area contributed by atoms with E-state index in [9.17, 15) is 9.90 Å². The lowest BCUT2D eigenvalue weighted by Gasteiger charge is -2.31. The summed E-state index contributed by atoms with van der Waals surface area (Å²) in [5.41, 5.74) is 5.74. The minimum Gasteiger partial charge on any atom is -0.393 e. The predicted octanol–water partition coefficient (Wildman–Crippen LogP) is 0.142. The molecule has 0 aliphatic carbocycles. The molecule has 0 radical (unpaired) electrons. The summed E-state index contributed by atoms with van der Waals surface area (Å²) in [5.74, 6) is 0.163. The molecule has 2 rings (SSSR count). The Morgan fingerprint density at radius 3 is 2.81 bits per heavy atom. The van der Waals surface area contributed by atoms with Gasteiger partial charge in [-0.25, -0.2) is 4.98 Å². The number of hydrogen-bond donors (Lipinski definition) is 2. The lowest BCUT2D eigenvalue weighted by molar-refractivity contribution is 0.1000. The van der Waals surface area contributed by atoms with E-state index in [4.69, 9.17) is 5.73 Å². The third-order valence-electron chi connectivity index (χ3n) is 2.82. The highest BCUT2D eigenvalue weighted by Gasteiger charge is 2.21. The van der Waals surface area contributed by atoms with Crippen molar-refractivity contribution in [2.75, 3.05) is 18.0 Å². The third kappa shape index (κ3) is 2.14. The number of primary amides is 1. The first kappa shape index (κ1) is 10.9. The minimum atomic E-state index is -0.464. The van der Waals surface area contributed by atoms with E-state index in [2.05, 4.69) is 4.98 Å². The Hall–Kier alpha value is -1.62. The van der Waals surface area contributed by atoms with Crippen LogP contribution in [0.2, 0.25) is 0 Å². The highest BCUT2D eigenvalue weighted by Crippen LogP contribution is 2.21. The summed E-state index contributed by atoms with van der Waals surface area (Å²) in [6.45, 7) is 1.41. The maximum absolute atomic E-state index is 11.2. The van der Waals surface area contributed by atoms with Crippen LogP contribution in [0.5, 0.6) is 0 Å². The number of nitrogens with zero attached hydrogens (tertiary/aromatic N) is 2. The molecule has 5 nitrogen and oxygen atoms in total. The van der Waals surface area contributed by atoms with Crippen LogP contribution in [-0.2, 0) is 0 Å². The quantitative estimate of drug-likeness (QED) is 0.744. The van der Waals surface area contributed by atoms with Gasteiger partial charge in [-0.15, -0.1) is 0 Å². The molecule has 0 bridgehead atoms. The number of carbonyl (C=O) groups excluding carboxylic acids is 1. The number of piperidine rings is 1. The molecule has 0 saturated carbocycles. The normalized spacial score (nSPS) is 17.4. The van der Waals surface area contributed by atoms with E-state index in [1.165, 1.54) is 0 Å². The maximum atomic E-state index is 11.2. The molecule has 0 spiro atoms. The summed E-state index contributed by atoms with van der Waals surface area (Å²) in [5, 5.41) is 9.41. The number of amides is 1. The number of rotatable bonds is 2. The molecule has 1 aliphatic rings. The molecule has 1 amide bonds. The van der Waals surface area contributed by atoms with Crippen molar-refractivity contribution < 1.29 is 9.90 Å². The molecule has 3 N–H and O–H groups in total. The van der Waals surface area contributed by atoms with Crippen LogP contribution in [0.3, 0.4) is 0 Å². The highest BCUT2D eigenvalue weighted by atomic mass is 16.3. The zero-order chi connectivity index (χ0) is 11.5. The van der Waals surface area contributed by atoms with Gasteiger partial charge >= 0.3 is 0 Å². The largest absolute Gasteiger partial charge is 0.393 e. The van der Waals surface area contributed by atoms with E-state index in [1.807, 2.05) is 4.90 Å². The van der Waals surface area contributed by atoms with Crippen molar-refractivity contribution in [2.24, 2.45) is 5.73 Å². The van der Waals surface area contributed by atoms with Crippen molar-refractivity contribution in [3.05, 3.63) is 23.9 Å². The molecule has 2 heterocycles. The molecular formula is C11H15N3O2. The Bertz CT molecular complexity index is 387. The van der Waals surface area contributed by atoms with Gasteiger partial charge in [-0.05, 0) is 25.0 Å². The van der Waals surface area contributed by atoms with Gasteiger partial charge in [0.05, 0.1) is 11.7 Å². The van der Waals surface area contributed by atoms with E-state index in [0.29, 0.717) is 37.3 Å². The standard InChI is InChI=1S/C11H15N3O2/c12-10(16)9-2-1-5-13-11(9)14-6-3-8(15)4-7-14/h1-2,5,8,15H,3-4,6-7H2,(H2,12,16). The van der Waals surface area contributed by atoms with Gasteiger partial charge in [0.2, 0.25) is 0 Å².